The molecule has 5 nitrogen and oxygen atoms in total. The number of carbonyl (C=O) groups is 2. The number of aryl methyl sites for hydroxylation is 1. The Balaban J connectivity index is 1.52. The molecule has 3 rings (SSSR count). The van der Waals surface area contributed by atoms with Gasteiger partial charge in [0.1, 0.15) is 5.75 Å². The van der Waals surface area contributed by atoms with Crippen LogP contribution in [0.25, 0.3) is 0 Å². The molecule has 1 fully saturated rings. The molecule has 1 N–H and O–H groups in total. The van der Waals surface area contributed by atoms with Gasteiger partial charge in [-0.1, -0.05) is 23.7 Å². The highest BCUT2D eigenvalue weighted by Crippen LogP contribution is 2.23. The minimum absolute atomic E-state index is 0.0211. The first-order valence-electron chi connectivity index (χ1n) is 8.06. The van der Waals surface area contributed by atoms with Crippen LogP contribution in [0.2, 0.25) is 5.02 Å². The number of rotatable bonds is 5. The maximum atomic E-state index is 12.2. The van der Waals surface area contributed by atoms with Gasteiger partial charge in [0.2, 0.25) is 5.91 Å². The molecule has 2 amide bonds. The van der Waals surface area contributed by atoms with Gasteiger partial charge in [0.15, 0.2) is 6.61 Å². The molecule has 1 saturated heterocycles. The van der Waals surface area contributed by atoms with E-state index in [0.29, 0.717) is 17.3 Å². The third-order valence-electron chi connectivity index (χ3n) is 3.99. The van der Waals surface area contributed by atoms with Crippen molar-refractivity contribution in [2.45, 2.75) is 19.4 Å². The molecule has 0 aliphatic carbocycles. The van der Waals surface area contributed by atoms with E-state index in [-0.39, 0.29) is 30.9 Å². The third-order valence-corrected chi connectivity index (χ3v) is 4.24. The fourth-order valence-electron chi connectivity index (χ4n) is 2.80. The molecule has 0 bridgehead atoms. The largest absolute Gasteiger partial charge is 0.484 e. The second-order valence-corrected chi connectivity index (χ2v) is 6.49. The van der Waals surface area contributed by atoms with E-state index in [1.54, 1.807) is 29.2 Å². The lowest BCUT2D eigenvalue weighted by Gasteiger charge is -2.17. The molecule has 130 valence electrons. The van der Waals surface area contributed by atoms with Crippen LogP contribution in [0.4, 0.5) is 5.69 Å². The van der Waals surface area contributed by atoms with Gasteiger partial charge >= 0.3 is 0 Å². The summed E-state index contributed by atoms with van der Waals surface area (Å²) in [5.41, 5.74) is 1.85. The van der Waals surface area contributed by atoms with E-state index in [2.05, 4.69) is 5.32 Å². The van der Waals surface area contributed by atoms with Gasteiger partial charge in [-0.15, -0.1) is 0 Å². The topological polar surface area (TPSA) is 58.6 Å². The normalized spacial score (nSPS) is 16.8. The number of nitrogens with one attached hydrogen (secondary N) is 1. The van der Waals surface area contributed by atoms with Crippen molar-refractivity contribution < 1.29 is 14.3 Å². The molecule has 25 heavy (non-hydrogen) atoms. The summed E-state index contributed by atoms with van der Waals surface area (Å²) in [5.74, 6) is 0.393. The van der Waals surface area contributed by atoms with Crippen molar-refractivity contribution in [2.24, 2.45) is 0 Å². The molecule has 0 aromatic heterocycles. The van der Waals surface area contributed by atoms with E-state index >= 15 is 0 Å². The quantitative estimate of drug-likeness (QED) is 0.894. The number of amides is 2. The molecule has 6 heteroatoms. The van der Waals surface area contributed by atoms with E-state index in [1.807, 2.05) is 31.2 Å². The Labute approximate surface area is 151 Å². The molecule has 2 aromatic rings. The Morgan fingerprint density at radius 3 is 2.76 bits per heavy atom. The Kier molecular flexibility index (Phi) is 5.24. The van der Waals surface area contributed by atoms with E-state index < -0.39 is 0 Å². The number of hydrogen-bond donors (Lipinski definition) is 1. The van der Waals surface area contributed by atoms with Crippen LogP contribution in [0.15, 0.2) is 48.5 Å². The average molecular weight is 359 g/mol. The van der Waals surface area contributed by atoms with Gasteiger partial charge in [-0.3, -0.25) is 9.59 Å². The minimum Gasteiger partial charge on any atom is -0.484 e. The molecular weight excluding hydrogens is 340 g/mol. The van der Waals surface area contributed by atoms with Gasteiger partial charge in [0.05, 0.1) is 6.04 Å². The number of benzene rings is 2. The second kappa shape index (κ2) is 7.57. The first-order chi connectivity index (χ1) is 12.0. The number of anilines is 1. The summed E-state index contributed by atoms with van der Waals surface area (Å²) in [4.78, 5) is 25.9. The average Bonchev–Trinajstić information content (AvgIpc) is 2.94. The van der Waals surface area contributed by atoms with Crippen molar-refractivity contribution >= 4 is 29.1 Å². The maximum absolute atomic E-state index is 12.2. The molecule has 1 heterocycles. The van der Waals surface area contributed by atoms with Gasteiger partial charge in [0, 0.05) is 23.7 Å². The summed E-state index contributed by atoms with van der Waals surface area (Å²) in [6, 6.07) is 14.4. The molecule has 0 saturated carbocycles. The molecule has 1 atom stereocenters. The highest BCUT2D eigenvalue weighted by Gasteiger charge is 2.31. The first kappa shape index (κ1) is 17.3. The molecule has 0 radical (unpaired) electrons. The third kappa shape index (κ3) is 4.51. The molecule has 2 aromatic carbocycles. The predicted octanol–water partition coefficient (Wildman–Crippen LogP) is 2.95. The number of ether oxygens (including phenoxy) is 1. The summed E-state index contributed by atoms with van der Waals surface area (Å²) in [7, 11) is 0. The maximum Gasteiger partial charge on any atom is 0.258 e. The fraction of sp³-hybridized carbons (Fsp3) is 0.263. The van der Waals surface area contributed by atoms with Crippen molar-refractivity contribution in [3.63, 3.8) is 0 Å². The van der Waals surface area contributed by atoms with Crippen LogP contribution in [0.3, 0.4) is 0 Å². The number of nitrogens with zero attached hydrogens (tertiary/aromatic N) is 1. The zero-order valence-electron chi connectivity index (χ0n) is 13.9. The van der Waals surface area contributed by atoms with Gasteiger partial charge in [-0.2, -0.15) is 0 Å². The molecule has 0 spiro atoms. The van der Waals surface area contributed by atoms with E-state index in [4.69, 9.17) is 16.3 Å². The fourth-order valence-corrected chi connectivity index (χ4v) is 2.92. The summed E-state index contributed by atoms with van der Waals surface area (Å²) in [6.07, 6.45) is 0.277. The minimum atomic E-state index is -0.239. The van der Waals surface area contributed by atoms with E-state index in [9.17, 15) is 9.59 Å². The first-order valence-corrected chi connectivity index (χ1v) is 8.44. The molecule has 1 unspecified atom stereocenters. The van der Waals surface area contributed by atoms with Crippen molar-refractivity contribution in [3.8, 4) is 5.75 Å². The molecule has 1 aliphatic rings. The summed E-state index contributed by atoms with van der Waals surface area (Å²) >= 11 is 5.87. The second-order valence-electron chi connectivity index (χ2n) is 6.05. The van der Waals surface area contributed by atoms with Crippen LogP contribution in [-0.2, 0) is 9.59 Å². The van der Waals surface area contributed by atoms with Crippen LogP contribution >= 0.6 is 11.6 Å². The van der Waals surface area contributed by atoms with Crippen LogP contribution in [-0.4, -0.2) is 31.0 Å². The van der Waals surface area contributed by atoms with Gasteiger partial charge in [-0.05, 0) is 48.9 Å². The van der Waals surface area contributed by atoms with Crippen molar-refractivity contribution in [2.75, 3.05) is 18.1 Å². The molecular formula is C19H19ClN2O3. The lowest BCUT2D eigenvalue weighted by atomic mass is 10.2. The van der Waals surface area contributed by atoms with E-state index in [0.717, 1.165) is 11.3 Å². The SMILES string of the molecule is Cc1cccc(OCC(=O)NC2CC(=O)N(c3ccc(Cl)cc3)C2)c1. The monoisotopic (exact) mass is 358 g/mol. The highest BCUT2D eigenvalue weighted by atomic mass is 35.5. The van der Waals surface area contributed by atoms with Crippen molar-refractivity contribution in [1.82, 2.24) is 5.32 Å². The summed E-state index contributed by atoms with van der Waals surface area (Å²) < 4.78 is 5.49. The Morgan fingerprint density at radius 1 is 1.28 bits per heavy atom. The number of hydrogen-bond acceptors (Lipinski definition) is 3. The van der Waals surface area contributed by atoms with Crippen molar-refractivity contribution in [1.29, 1.82) is 0 Å². The lowest BCUT2D eigenvalue weighted by Crippen LogP contribution is -2.39. The number of carbonyl (C=O) groups excluding carboxylic acids is 2. The number of halogens is 1. The molecule has 1 aliphatic heterocycles. The van der Waals surface area contributed by atoms with Gasteiger partial charge in [-0.25, -0.2) is 0 Å². The van der Waals surface area contributed by atoms with Crippen LogP contribution in [0.5, 0.6) is 5.75 Å². The van der Waals surface area contributed by atoms with Crippen molar-refractivity contribution in [3.05, 3.63) is 59.1 Å². The lowest BCUT2D eigenvalue weighted by molar-refractivity contribution is -0.123. The van der Waals surface area contributed by atoms with Crippen LogP contribution < -0.4 is 15.0 Å². The van der Waals surface area contributed by atoms with Crippen LogP contribution in [0, 0.1) is 6.92 Å². The smallest absolute Gasteiger partial charge is 0.258 e. The van der Waals surface area contributed by atoms with Crippen LogP contribution in [0.1, 0.15) is 12.0 Å². The summed E-state index contributed by atoms with van der Waals surface area (Å²) in [5, 5.41) is 3.47. The highest BCUT2D eigenvalue weighted by molar-refractivity contribution is 6.30. The standard InChI is InChI=1S/C19H19ClN2O3/c1-13-3-2-4-17(9-13)25-12-18(23)21-15-10-19(24)22(11-15)16-7-5-14(20)6-8-16/h2-9,15H,10-12H2,1H3,(H,21,23). The Bertz CT molecular complexity index is 776. The summed E-state index contributed by atoms with van der Waals surface area (Å²) in [6.45, 7) is 2.33. The predicted molar refractivity (Wildman–Crippen MR) is 97.0 cm³/mol. The Morgan fingerprint density at radius 2 is 2.04 bits per heavy atom. The zero-order chi connectivity index (χ0) is 17.8. The zero-order valence-corrected chi connectivity index (χ0v) is 14.6. The van der Waals surface area contributed by atoms with Gasteiger partial charge in [0.25, 0.3) is 5.91 Å². The Hall–Kier alpha value is -2.53. The van der Waals surface area contributed by atoms with Gasteiger partial charge < -0.3 is 15.0 Å². The van der Waals surface area contributed by atoms with E-state index in [1.165, 1.54) is 0 Å².